The fourth-order valence-electron chi connectivity index (χ4n) is 12.1. The standard InChI is InChI=1S/C44H28N2.C36H24N2/c1-3-13-29(14-4-1)38-27-40-39(30-15-5-2-6-16-30)28-42(46-44(40)37-21-10-8-18-34(37)38)31-23-25-32(26-24-31)43-36-20-9-7-17-33(36)35-19-11-12-22-41(35)45-43;1-3-11-25(12-4-1)31-23-33-32(26-13-5-2-6-14-26)24-35(38-36(33)30-16-8-7-15-29(30)31)28-20-18-27(19-21-28)34-17-9-10-22-37-34/h1-28H;1-24H. The Morgan fingerprint density at radius 1 is 0.190 bits per heavy atom. The van der Waals surface area contributed by atoms with E-state index < -0.39 is 0 Å². The summed E-state index contributed by atoms with van der Waals surface area (Å²) < 4.78 is 0. The van der Waals surface area contributed by atoms with Gasteiger partial charge in [0.05, 0.1) is 39.3 Å². The first kappa shape index (κ1) is 49.8. The number of hydrogen-bond donors (Lipinski definition) is 0. The number of benzene rings is 12. The van der Waals surface area contributed by atoms with Gasteiger partial charge in [-0.3, -0.25) is 4.98 Å². The highest BCUT2D eigenvalue weighted by molar-refractivity contribution is 6.18. The van der Waals surface area contributed by atoms with Crippen LogP contribution in [0, 0.1) is 0 Å². The van der Waals surface area contributed by atoms with E-state index in [2.05, 4.69) is 296 Å². The largest absolute Gasteiger partial charge is 0.256 e. The highest BCUT2D eigenvalue weighted by atomic mass is 14.7. The maximum Gasteiger partial charge on any atom is 0.0794 e. The molecule has 12 aromatic carbocycles. The van der Waals surface area contributed by atoms with Gasteiger partial charge in [0.25, 0.3) is 0 Å². The van der Waals surface area contributed by atoms with E-state index in [1.165, 1.54) is 66.1 Å². The molecule has 4 nitrogen and oxygen atoms in total. The van der Waals surface area contributed by atoms with Crippen LogP contribution in [0.15, 0.2) is 316 Å². The monoisotopic (exact) mass is 1070 g/mol. The molecular weight excluding hydrogens is 1020 g/mol. The molecule has 0 spiro atoms. The van der Waals surface area contributed by atoms with Crippen molar-refractivity contribution in [1.29, 1.82) is 0 Å². The van der Waals surface area contributed by atoms with Crippen molar-refractivity contribution in [1.82, 2.24) is 19.9 Å². The van der Waals surface area contributed by atoms with E-state index in [-0.39, 0.29) is 0 Å². The summed E-state index contributed by atoms with van der Waals surface area (Å²) >= 11 is 0. The lowest BCUT2D eigenvalue weighted by Crippen LogP contribution is -1.94. The van der Waals surface area contributed by atoms with Crippen molar-refractivity contribution in [3.63, 3.8) is 0 Å². The van der Waals surface area contributed by atoms with Gasteiger partial charge in [0.1, 0.15) is 0 Å². The molecule has 4 heterocycles. The van der Waals surface area contributed by atoms with E-state index in [0.717, 1.165) is 88.5 Å². The predicted molar refractivity (Wildman–Crippen MR) is 353 cm³/mol. The van der Waals surface area contributed by atoms with Gasteiger partial charge < -0.3 is 0 Å². The number of hydrogen-bond acceptors (Lipinski definition) is 4. The lowest BCUT2D eigenvalue weighted by molar-refractivity contribution is 1.32. The molecule has 16 aromatic rings. The number of aromatic nitrogens is 4. The topological polar surface area (TPSA) is 51.6 Å². The highest BCUT2D eigenvalue weighted by Crippen LogP contribution is 2.43. The van der Waals surface area contributed by atoms with Gasteiger partial charge in [0, 0.05) is 60.8 Å². The Hall–Kier alpha value is -11.2. The third kappa shape index (κ3) is 9.28. The zero-order valence-corrected chi connectivity index (χ0v) is 45.8. The van der Waals surface area contributed by atoms with E-state index in [4.69, 9.17) is 15.0 Å². The number of para-hydroxylation sites is 1. The molecule has 392 valence electrons. The predicted octanol–water partition coefficient (Wildman–Crippen LogP) is 21.2. The van der Waals surface area contributed by atoms with E-state index in [1.807, 2.05) is 24.4 Å². The van der Waals surface area contributed by atoms with Crippen LogP contribution in [-0.4, -0.2) is 19.9 Å². The first-order valence-corrected chi connectivity index (χ1v) is 28.5. The number of fused-ring (bicyclic) bond motifs is 9. The van der Waals surface area contributed by atoms with Gasteiger partial charge in [-0.05, 0) is 103 Å². The summed E-state index contributed by atoms with van der Waals surface area (Å²) in [5.41, 5.74) is 20.8. The molecule has 16 rings (SSSR count). The van der Waals surface area contributed by atoms with Crippen molar-refractivity contribution in [3.8, 4) is 89.5 Å². The van der Waals surface area contributed by atoms with E-state index in [9.17, 15) is 0 Å². The Bertz CT molecular complexity index is 5070. The van der Waals surface area contributed by atoms with Crippen LogP contribution in [0.1, 0.15) is 0 Å². The fraction of sp³-hybridized carbons (Fsp3) is 0. The summed E-state index contributed by atoms with van der Waals surface area (Å²) in [6.07, 6.45) is 1.83. The Kier molecular flexibility index (Phi) is 12.9. The Morgan fingerprint density at radius 3 is 0.976 bits per heavy atom. The van der Waals surface area contributed by atoms with Crippen molar-refractivity contribution >= 4 is 65.0 Å². The smallest absolute Gasteiger partial charge is 0.0794 e. The Labute approximate surface area is 487 Å². The molecule has 84 heavy (non-hydrogen) atoms. The van der Waals surface area contributed by atoms with Crippen LogP contribution in [-0.2, 0) is 0 Å². The molecule has 0 aliphatic heterocycles. The van der Waals surface area contributed by atoms with Gasteiger partial charge in [-0.15, -0.1) is 0 Å². The van der Waals surface area contributed by atoms with Crippen molar-refractivity contribution < 1.29 is 0 Å². The first-order valence-electron chi connectivity index (χ1n) is 28.5. The normalized spacial score (nSPS) is 11.3. The summed E-state index contributed by atoms with van der Waals surface area (Å²) in [6.45, 7) is 0. The lowest BCUT2D eigenvalue weighted by atomic mass is 9.91. The third-order valence-electron chi connectivity index (χ3n) is 16.2. The van der Waals surface area contributed by atoms with Crippen LogP contribution >= 0.6 is 0 Å². The summed E-state index contributed by atoms with van der Waals surface area (Å²) in [4.78, 5) is 20.3. The van der Waals surface area contributed by atoms with Gasteiger partial charge in [-0.2, -0.15) is 0 Å². The summed E-state index contributed by atoms with van der Waals surface area (Å²) in [6, 6.07) is 109. The highest BCUT2D eigenvalue weighted by Gasteiger charge is 2.19. The molecule has 0 radical (unpaired) electrons. The third-order valence-corrected chi connectivity index (χ3v) is 16.2. The molecule has 0 aliphatic rings. The SMILES string of the molecule is c1ccc(-c2cc3c(-c4ccccc4)cc(-c4ccc(-c5ccccn5)cc4)nc3c3ccccc23)cc1.c1ccc(-c2cc3c(-c4ccccc4)cc(-c4ccc(-c5nc6ccccc6c6ccccc56)cc4)nc3c3ccccc23)cc1. The average Bonchev–Trinajstić information content (AvgIpc) is 2.21. The van der Waals surface area contributed by atoms with Crippen molar-refractivity contribution in [3.05, 3.63) is 316 Å². The van der Waals surface area contributed by atoms with Crippen LogP contribution in [0.3, 0.4) is 0 Å². The van der Waals surface area contributed by atoms with Crippen LogP contribution < -0.4 is 0 Å². The molecule has 0 aliphatic carbocycles. The second-order valence-corrected chi connectivity index (χ2v) is 21.2. The molecule has 0 amide bonds. The van der Waals surface area contributed by atoms with E-state index >= 15 is 0 Å². The second kappa shape index (κ2) is 21.7. The maximum atomic E-state index is 5.37. The van der Waals surface area contributed by atoms with Gasteiger partial charge in [-0.1, -0.05) is 267 Å². The molecule has 4 aromatic heterocycles. The number of nitrogens with zero attached hydrogens (tertiary/aromatic N) is 4. The summed E-state index contributed by atoms with van der Waals surface area (Å²) in [5.74, 6) is 0. The number of rotatable bonds is 8. The minimum atomic E-state index is 0.951. The second-order valence-electron chi connectivity index (χ2n) is 21.2. The molecule has 0 atom stereocenters. The minimum absolute atomic E-state index is 0.951. The van der Waals surface area contributed by atoms with E-state index in [1.54, 1.807) is 0 Å². The van der Waals surface area contributed by atoms with Crippen LogP contribution in [0.25, 0.3) is 155 Å². The van der Waals surface area contributed by atoms with Crippen molar-refractivity contribution in [2.24, 2.45) is 0 Å². The lowest BCUT2D eigenvalue weighted by Gasteiger charge is -2.16. The summed E-state index contributed by atoms with van der Waals surface area (Å²) in [7, 11) is 0. The Balaban J connectivity index is 0.000000146. The fourth-order valence-corrected chi connectivity index (χ4v) is 12.1. The van der Waals surface area contributed by atoms with Crippen LogP contribution in [0.4, 0.5) is 0 Å². The molecule has 0 fully saturated rings. The zero-order chi connectivity index (χ0) is 55.8. The van der Waals surface area contributed by atoms with E-state index in [0.29, 0.717) is 0 Å². The van der Waals surface area contributed by atoms with Gasteiger partial charge in [0.2, 0.25) is 0 Å². The molecule has 0 saturated carbocycles. The first-order chi connectivity index (χ1) is 41.7. The number of pyridine rings is 4. The van der Waals surface area contributed by atoms with Gasteiger partial charge >= 0.3 is 0 Å². The zero-order valence-electron chi connectivity index (χ0n) is 45.8. The average molecular weight is 1070 g/mol. The van der Waals surface area contributed by atoms with Crippen molar-refractivity contribution in [2.75, 3.05) is 0 Å². The molecule has 0 saturated heterocycles. The van der Waals surface area contributed by atoms with Gasteiger partial charge in [0.15, 0.2) is 0 Å². The molecule has 0 unspecified atom stereocenters. The minimum Gasteiger partial charge on any atom is -0.256 e. The quantitative estimate of drug-likeness (QED) is 0.142. The molecule has 0 bridgehead atoms. The Morgan fingerprint density at radius 2 is 0.536 bits per heavy atom. The van der Waals surface area contributed by atoms with Gasteiger partial charge in [-0.25, -0.2) is 15.0 Å². The maximum absolute atomic E-state index is 5.37. The van der Waals surface area contributed by atoms with Crippen LogP contribution in [0.5, 0.6) is 0 Å². The molecule has 4 heteroatoms. The van der Waals surface area contributed by atoms with Crippen molar-refractivity contribution in [2.45, 2.75) is 0 Å². The molecular formula is C80H52N4. The van der Waals surface area contributed by atoms with Crippen LogP contribution in [0.2, 0.25) is 0 Å². The molecule has 0 N–H and O–H groups in total. The summed E-state index contributed by atoms with van der Waals surface area (Å²) in [5, 5.41) is 10.6.